The highest BCUT2D eigenvalue weighted by Gasteiger charge is 2.11. The Morgan fingerprint density at radius 2 is 2.00 bits per heavy atom. The Balaban J connectivity index is 1.72. The van der Waals surface area contributed by atoms with E-state index in [1.807, 2.05) is 31.3 Å². The van der Waals surface area contributed by atoms with Gasteiger partial charge in [0.2, 0.25) is 5.91 Å². The molecule has 132 valence electrons. The number of hydrogen-bond donors (Lipinski definition) is 1. The van der Waals surface area contributed by atoms with E-state index in [1.54, 1.807) is 23.0 Å². The van der Waals surface area contributed by atoms with Gasteiger partial charge >= 0.3 is 0 Å². The van der Waals surface area contributed by atoms with E-state index in [4.69, 9.17) is 0 Å². The summed E-state index contributed by atoms with van der Waals surface area (Å²) in [6.45, 7) is 0. The number of halogens is 1. The van der Waals surface area contributed by atoms with E-state index < -0.39 is 4.92 Å². The lowest BCUT2D eigenvalue weighted by Crippen LogP contribution is -2.14. The van der Waals surface area contributed by atoms with Crippen molar-refractivity contribution in [3.05, 3.63) is 74.9 Å². The quantitative estimate of drug-likeness (QED) is 0.505. The fourth-order valence-electron chi connectivity index (χ4n) is 2.61. The molecule has 0 saturated carbocycles. The summed E-state index contributed by atoms with van der Waals surface area (Å²) < 4.78 is 2.62. The summed E-state index contributed by atoms with van der Waals surface area (Å²) in [6.07, 6.45) is 1.85. The summed E-state index contributed by atoms with van der Waals surface area (Å²) in [5, 5.41) is 17.7. The predicted molar refractivity (Wildman–Crippen MR) is 102 cm³/mol. The van der Waals surface area contributed by atoms with Gasteiger partial charge in [-0.05, 0) is 33.6 Å². The van der Waals surface area contributed by atoms with Gasteiger partial charge in [0.15, 0.2) is 0 Å². The number of nitro benzene ring substituents is 1. The first-order valence-corrected chi connectivity index (χ1v) is 8.54. The minimum atomic E-state index is -0.466. The number of carbonyl (C=O) groups excluding carboxylic acids is 1. The molecule has 3 aromatic rings. The largest absolute Gasteiger partial charge is 0.326 e. The van der Waals surface area contributed by atoms with Crippen molar-refractivity contribution in [3.63, 3.8) is 0 Å². The fourth-order valence-corrected chi connectivity index (χ4v) is 3.18. The van der Waals surface area contributed by atoms with Crippen molar-refractivity contribution >= 4 is 33.2 Å². The summed E-state index contributed by atoms with van der Waals surface area (Å²) in [5.41, 5.74) is 3.21. The van der Waals surface area contributed by atoms with Crippen molar-refractivity contribution in [2.75, 3.05) is 5.32 Å². The Morgan fingerprint density at radius 1 is 1.27 bits per heavy atom. The Hall–Kier alpha value is -3.00. The maximum Gasteiger partial charge on any atom is 0.269 e. The molecule has 0 spiro atoms. The average molecular weight is 415 g/mol. The number of nitrogens with zero attached hydrogens (tertiary/aromatic N) is 3. The van der Waals surface area contributed by atoms with Crippen LogP contribution < -0.4 is 5.32 Å². The van der Waals surface area contributed by atoms with Gasteiger partial charge in [-0.2, -0.15) is 5.10 Å². The Morgan fingerprint density at radius 3 is 2.62 bits per heavy atom. The topological polar surface area (TPSA) is 90.1 Å². The van der Waals surface area contributed by atoms with Crippen LogP contribution in [0.25, 0.3) is 11.3 Å². The number of hydrogen-bond acceptors (Lipinski definition) is 4. The zero-order valence-electron chi connectivity index (χ0n) is 13.8. The van der Waals surface area contributed by atoms with Crippen LogP contribution in [0.15, 0.2) is 59.2 Å². The molecule has 0 bridgehead atoms. The van der Waals surface area contributed by atoms with Gasteiger partial charge in [0.1, 0.15) is 0 Å². The summed E-state index contributed by atoms with van der Waals surface area (Å²) in [7, 11) is 1.85. The zero-order valence-corrected chi connectivity index (χ0v) is 15.4. The molecule has 1 amide bonds. The maximum atomic E-state index is 12.3. The summed E-state index contributed by atoms with van der Waals surface area (Å²) in [4.78, 5) is 22.5. The number of anilines is 1. The minimum Gasteiger partial charge on any atom is -0.326 e. The van der Waals surface area contributed by atoms with Crippen molar-refractivity contribution in [2.45, 2.75) is 6.42 Å². The first-order chi connectivity index (χ1) is 12.4. The molecule has 0 aliphatic carbocycles. The van der Waals surface area contributed by atoms with E-state index >= 15 is 0 Å². The molecule has 1 heterocycles. The number of carbonyl (C=O) groups is 1. The third-order valence-corrected chi connectivity index (χ3v) is 4.41. The Bertz CT molecular complexity index is 947. The highest BCUT2D eigenvalue weighted by atomic mass is 79.9. The monoisotopic (exact) mass is 414 g/mol. The van der Waals surface area contributed by atoms with E-state index in [1.165, 1.54) is 12.1 Å². The number of nitrogens with one attached hydrogen (secondary N) is 1. The van der Waals surface area contributed by atoms with Gasteiger partial charge in [-0.1, -0.05) is 24.3 Å². The molecule has 0 aliphatic heterocycles. The van der Waals surface area contributed by atoms with Crippen LogP contribution in [0.5, 0.6) is 0 Å². The average Bonchev–Trinajstić information content (AvgIpc) is 2.94. The normalized spacial score (nSPS) is 10.5. The van der Waals surface area contributed by atoms with Gasteiger partial charge in [-0.3, -0.25) is 19.6 Å². The third-order valence-electron chi connectivity index (χ3n) is 3.83. The van der Waals surface area contributed by atoms with Crippen LogP contribution in [0, 0.1) is 10.1 Å². The number of benzene rings is 2. The molecule has 7 nitrogen and oxygen atoms in total. The molecule has 0 unspecified atom stereocenters. The van der Waals surface area contributed by atoms with Crippen molar-refractivity contribution in [2.24, 2.45) is 7.05 Å². The molecular formula is C18H15BrN4O3. The third kappa shape index (κ3) is 3.97. The smallest absolute Gasteiger partial charge is 0.269 e. The van der Waals surface area contributed by atoms with Crippen LogP contribution in [0.2, 0.25) is 0 Å². The van der Waals surface area contributed by atoms with Gasteiger partial charge in [-0.15, -0.1) is 0 Å². The second-order valence-corrected chi connectivity index (χ2v) is 6.55. The van der Waals surface area contributed by atoms with Crippen LogP contribution in [0.3, 0.4) is 0 Å². The fraction of sp³-hybridized carbons (Fsp3) is 0.111. The SMILES string of the molecule is Cn1ncc(Br)c1-c1cccc(NC(=O)Cc2ccc([N+](=O)[O-])cc2)c1. The molecule has 0 saturated heterocycles. The lowest BCUT2D eigenvalue weighted by Gasteiger charge is -2.09. The van der Waals surface area contributed by atoms with Crippen LogP contribution in [0.4, 0.5) is 11.4 Å². The lowest BCUT2D eigenvalue weighted by molar-refractivity contribution is -0.384. The summed E-state index contributed by atoms with van der Waals surface area (Å²) >= 11 is 3.47. The van der Waals surface area contributed by atoms with E-state index in [9.17, 15) is 14.9 Å². The predicted octanol–water partition coefficient (Wildman–Crippen LogP) is 3.94. The molecule has 2 aromatic carbocycles. The molecule has 0 fully saturated rings. The number of non-ortho nitro benzene ring substituents is 1. The highest BCUT2D eigenvalue weighted by Crippen LogP contribution is 2.29. The van der Waals surface area contributed by atoms with Crippen molar-refractivity contribution < 1.29 is 9.72 Å². The molecule has 26 heavy (non-hydrogen) atoms. The van der Waals surface area contributed by atoms with Crippen molar-refractivity contribution in [3.8, 4) is 11.3 Å². The van der Waals surface area contributed by atoms with Crippen LogP contribution >= 0.6 is 15.9 Å². The lowest BCUT2D eigenvalue weighted by atomic mass is 10.1. The van der Waals surface area contributed by atoms with E-state index in [0.717, 1.165) is 15.7 Å². The molecule has 0 aliphatic rings. The highest BCUT2D eigenvalue weighted by molar-refractivity contribution is 9.10. The second kappa shape index (κ2) is 7.49. The zero-order chi connectivity index (χ0) is 18.7. The molecule has 0 radical (unpaired) electrons. The van der Waals surface area contributed by atoms with E-state index in [0.29, 0.717) is 11.3 Å². The molecular weight excluding hydrogens is 400 g/mol. The van der Waals surface area contributed by atoms with Crippen LogP contribution in [0.1, 0.15) is 5.56 Å². The van der Waals surface area contributed by atoms with Crippen molar-refractivity contribution in [1.29, 1.82) is 0 Å². The van der Waals surface area contributed by atoms with E-state index in [2.05, 4.69) is 26.3 Å². The second-order valence-electron chi connectivity index (χ2n) is 5.69. The summed E-state index contributed by atoms with van der Waals surface area (Å²) in [5.74, 6) is -0.194. The van der Waals surface area contributed by atoms with Crippen molar-refractivity contribution in [1.82, 2.24) is 9.78 Å². The van der Waals surface area contributed by atoms with Gasteiger partial charge < -0.3 is 5.32 Å². The number of aryl methyl sites for hydroxylation is 1. The number of nitro groups is 1. The Kier molecular flexibility index (Phi) is 5.13. The van der Waals surface area contributed by atoms with Gasteiger partial charge in [0.25, 0.3) is 5.69 Å². The standard InChI is InChI=1S/C18H15BrN4O3/c1-22-18(16(19)11-20-22)13-3-2-4-14(10-13)21-17(24)9-12-5-7-15(8-6-12)23(25)26/h2-8,10-11H,9H2,1H3,(H,21,24). The molecule has 1 aromatic heterocycles. The number of aromatic nitrogens is 2. The van der Waals surface area contributed by atoms with Crippen LogP contribution in [-0.4, -0.2) is 20.6 Å². The first kappa shape index (κ1) is 17.8. The molecule has 1 N–H and O–H groups in total. The minimum absolute atomic E-state index is 0.00335. The van der Waals surface area contributed by atoms with Crippen LogP contribution in [-0.2, 0) is 18.3 Å². The van der Waals surface area contributed by atoms with Gasteiger partial charge in [0.05, 0.1) is 27.7 Å². The summed E-state index contributed by atoms with van der Waals surface area (Å²) in [6, 6.07) is 13.4. The van der Waals surface area contributed by atoms with Gasteiger partial charge in [-0.25, -0.2) is 0 Å². The molecule has 3 rings (SSSR count). The van der Waals surface area contributed by atoms with Gasteiger partial charge in [0, 0.05) is 30.4 Å². The Labute approximate surface area is 157 Å². The molecule has 8 heteroatoms. The number of rotatable bonds is 5. The molecule has 0 atom stereocenters. The number of amides is 1. The van der Waals surface area contributed by atoms with E-state index in [-0.39, 0.29) is 18.0 Å². The maximum absolute atomic E-state index is 12.3. The first-order valence-electron chi connectivity index (χ1n) is 7.75.